The number of carbonyl (C=O) groups excluding carboxylic acids is 1. The molecule has 0 fully saturated rings. The zero-order chi connectivity index (χ0) is 10.8. The van der Waals surface area contributed by atoms with Crippen molar-refractivity contribution in [1.82, 2.24) is 10.3 Å². The molecule has 7 heteroatoms. The van der Waals surface area contributed by atoms with Gasteiger partial charge in [0.05, 0.1) is 0 Å². The molecule has 0 unspecified atom stereocenters. The van der Waals surface area contributed by atoms with Crippen molar-refractivity contribution in [3.63, 3.8) is 0 Å². The molecule has 0 atom stereocenters. The highest BCUT2D eigenvalue weighted by Gasteiger charge is 2.26. The third-order valence-electron chi connectivity index (χ3n) is 1.62. The average molecular weight is 203 g/mol. The summed E-state index contributed by atoms with van der Waals surface area (Å²) in [6, 6.07) is 1.57. The highest BCUT2D eigenvalue weighted by Crippen LogP contribution is 2.08. The van der Waals surface area contributed by atoms with Gasteiger partial charge in [0, 0.05) is 13.2 Å². The number of nitrogens with zero attached hydrogens (tertiary/aromatic N) is 1. The second-order valence-corrected chi connectivity index (χ2v) is 2.63. The second-order valence-electron chi connectivity index (χ2n) is 2.63. The lowest BCUT2D eigenvalue weighted by molar-refractivity contribution is 0.0958. The fourth-order valence-corrected chi connectivity index (χ4v) is 0.903. The maximum atomic E-state index is 12.2. The quantitative estimate of drug-likeness (QED) is 0.710. The van der Waals surface area contributed by atoms with Crippen molar-refractivity contribution in [2.75, 3.05) is 7.05 Å². The van der Waals surface area contributed by atoms with E-state index >= 15 is 0 Å². The number of halogens is 3. The van der Waals surface area contributed by atoms with E-state index in [9.17, 15) is 17.7 Å². The van der Waals surface area contributed by atoms with Gasteiger partial charge in [-0.15, -0.1) is 5.46 Å². The van der Waals surface area contributed by atoms with Crippen LogP contribution in [0.2, 0.25) is 0 Å². The van der Waals surface area contributed by atoms with E-state index in [-0.39, 0.29) is 5.69 Å². The zero-order valence-electron chi connectivity index (χ0n) is 7.30. The molecule has 1 amide bonds. The molecular weight excluding hydrogens is 196 g/mol. The van der Waals surface area contributed by atoms with E-state index < -0.39 is 18.3 Å². The van der Waals surface area contributed by atoms with Crippen LogP contribution in [0, 0.1) is 0 Å². The highest BCUT2D eigenvalue weighted by molar-refractivity contribution is 6.73. The Bertz CT molecular complexity index is 353. The van der Waals surface area contributed by atoms with Crippen molar-refractivity contribution < 1.29 is 17.7 Å². The number of amides is 1. The van der Waals surface area contributed by atoms with Crippen LogP contribution in [-0.2, 0) is 0 Å². The van der Waals surface area contributed by atoms with Crippen molar-refractivity contribution in [1.29, 1.82) is 0 Å². The zero-order valence-corrected chi connectivity index (χ0v) is 7.30. The minimum absolute atomic E-state index is 0.232. The number of carbonyl (C=O) groups is 1. The Labute approximate surface area is 78.4 Å². The highest BCUT2D eigenvalue weighted by atomic mass is 19.4. The number of aromatic nitrogens is 1. The molecule has 1 aromatic heterocycles. The molecule has 3 nitrogen and oxygen atoms in total. The molecule has 1 heterocycles. The molecule has 0 bridgehead atoms. The lowest BCUT2D eigenvalue weighted by atomic mass is 9.80. The van der Waals surface area contributed by atoms with Crippen molar-refractivity contribution in [2.45, 2.75) is 0 Å². The van der Waals surface area contributed by atoms with Gasteiger partial charge in [-0.05, 0) is 0 Å². The topological polar surface area (TPSA) is 42.0 Å². The largest absolute Gasteiger partial charge is 0.509 e. The number of hydrogen-bond donors (Lipinski definition) is 1. The molecule has 0 saturated heterocycles. The van der Waals surface area contributed by atoms with E-state index in [1.54, 1.807) is 0 Å². The van der Waals surface area contributed by atoms with E-state index in [1.807, 2.05) is 0 Å². The monoisotopic (exact) mass is 203 g/mol. The maximum Gasteiger partial charge on any atom is 0.509 e. The van der Waals surface area contributed by atoms with Crippen LogP contribution in [0.5, 0.6) is 0 Å². The predicted molar refractivity (Wildman–Crippen MR) is 46.3 cm³/mol. The van der Waals surface area contributed by atoms with Gasteiger partial charge in [0.1, 0.15) is 5.69 Å². The van der Waals surface area contributed by atoms with E-state index in [0.717, 1.165) is 18.3 Å². The first-order valence-electron chi connectivity index (χ1n) is 3.83. The molecule has 1 N–H and O–H groups in total. The van der Waals surface area contributed by atoms with Gasteiger partial charge in [0.2, 0.25) is 0 Å². The van der Waals surface area contributed by atoms with Crippen LogP contribution < -0.4 is 10.8 Å². The molecule has 0 aromatic carbocycles. The summed E-state index contributed by atoms with van der Waals surface area (Å²) in [5.74, 6) is -0.633. The minimum Gasteiger partial charge on any atom is -0.445 e. The Kier molecular flexibility index (Phi) is 2.78. The summed E-state index contributed by atoms with van der Waals surface area (Å²) in [6.07, 6.45) is 0.967. The summed E-state index contributed by atoms with van der Waals surface area (Å²) in [4.78, 5) is 14.5. The second kappa shape index (κ2) is 3.69. The van der Waals surface area contributed by atoms with Crippen LogP contribution in [0.3, 0.4) is 0 Å². The van der Waals surface area contributed by atoms with Crippen LogP contribution in [0.1, 0.15) is 10.5 Å². The van der Waals surface area contributed by atoms with Crippen molar-refractivity contribution in [3.05, 3.63) is 24.0 Å². The lowest BCUT2D eigenvalue weighted by Crippen LogP contribution is -2.35. The van der Waals surface area contributed by atoms with Gasteiger partial charge >= 0.3 is 6.98 Å². The molecule has 0 aliphatic heterocycles. The van der Waals surface area contributed by atoms with Gasteiger partial charge in [-0.2, -0.15) is 0 Å². The molecule has 0 aliphatic carbocycles. The Morgan fingerprint density at radius 2 is 2.14 bits per heavy atom. The third-order valence-corrected chi connectivity index (χ3v) is 1.62. The van der Waals surface area contributed by atoms with Gasteiger partial charge in [-0.25, -0.2) is 0 Å². The SMILES string of the molecule is CNC(=O)c1cc([B-](F)(F)F)ccn1. The fraction of sp³-hybridized carbons (Fsp3) is 0.143. The molecule has 0 radical (unpaired) electrons. The lowest BCUT2D eigenvalue weighted by Gasteiger charge is -2.14. The number of nitrogens with one attached hydrogen (secondary N) is 1. The van der Waals surface area contributed by atoms with E-state index in [2.05, 4.69) is 10.3 Å². The van der Waals surface area contributed by atoms with Crippen LogP contribution in [0.4, 0.5) is 12.9 Å². The van der Waals surface area contributed by atoms with Crippen LogP contribution in [0.25, 0.3) is 0 Å². The van der Waals surface area contributed by atoms with Crippen LogP contribution in [-0.4, -0.2) is 24.9 Å². The van der Waals surface area contributed by atoms with Crippen molar-refractivity contribution in [2.24, 2.45) is 0 Å². The first-order valence-corrected chi connectivity index (χ1v) is 3.83. The number of hydrogen-bond acceptors (Lipinski definition) is 2. The molecular formula is C7H7BF3N2O-. The summed E-state index contributed by atoms with van der Waals surface area (Å²) < 4.78 is 36.7. The Hall–Kier alpha value is -1.53. The van der Waals surface area contributed by atoms with Crippen molar-refractivity contribution >= 4 is 18.3 Å². The Morgan fingerprint density at radius 1 is 1.50 bits per heavy atom. The Morgan fingerprint density at radius 3 is 2.64 bits per heavy atom. The van der Waals surface area contributed by atoms with E-state index in [0.29, 0.717) is 0 Å². The molecule has 0 spiro atoms. The normalized spacial score (nSPS) is 11.1. The van der Waals surface area contributed by atoms with Crippen LogP contribution in [0.15, 0.2) is 18.3 Å². The van der Waals surface area contributed by atoms with Crippen molar-refractivity contribution in [3.8, 4) is 0 Å². The first kappa shape index (κ1) is 10.6. The standard InChI is InChI=1S/C7H7BF3N2O/c1-12-7(14)6-4-5(2-3-13-6)8(9,10)11/h2-4H,1H3,(H,12,14)/q-1. The Balaban J connectivity index is 3.08. The fourth-order valence-electron chi connectivity index (χ4n) is 0.903. The first-order chi connectivity index (χ1) is 6.45. The van der Waals surface area contributed by atoms with Gasteiger partial charge in [0.25, 0.3) is 5.91 Å². The maximum absolute atomic E-state index is 12.2. The predicted octanol–water partition coefficient (Wildman–Crippen LogP) is 0.496. The summed E-state index contributed by atoms with van der Waals surface area (Å²) in [5.41, 5.74) is -1.05. The molecule has 0 saturated carbocycles. The minimum atomic E-state index is -5.08. The van der Waals surface area contributed by atoms with Gasteiger partial charge < -0.3 is 18.3 Å². The summed E-state index contributed by atoms with van der Waals surface area (Å²) in [7, 11) is 1.33. The third kappa shape index (κ3) is 2.24. The van der Waals surface area contributed by atoms with E-state index in [1.165, 1.54) is 7.05 Å². The average Bonchev–Trinajstić information content (AvgIpc) is 2.15. The number of rotatable bonds is 2. The summed E-state index contributed by atoms with van der Waals surface area (Å²) >= 11 is 0. The molecule has 0 aliphatic rings. The molecule has 76 valence electrons. The van der Waals surface area contributed by atoms with E-state index in [4.69, 9.17) is 0 Å². The van der Waals surface area contributed by atoms with Crippen LogP contribution >= 0.6 is 0 Å². The van der Waals surface area contributed by atoms with Gasteiger partial charge in [-0.3, -0.25) is 9.78 Å². The van der Waals surface area contributed by atoms with Gasteiger partial charge in [0.15, 0.2) is 0 Å². The number of pyridine rings is 1. The molecule has 14 heavy (non-hydrogen) atoms. The molecule has 1 aromatic rings. The molecule has 1 rings (SSSR count). The summed E-state index contributed by atoms with van der Waals surface area (Å²) in [5, 5.41) is 2.20. The van der Waals surface area contributed by atoms with Gasteiger partial charge in [-0.1, -0.05) is 12.1 Å². The summed E-state index contributed by atoms with van der Waals surface area (Å²) in [6.45, 7) is -5.08. The smallest absolute Gasteiger partial charge is 0.445 e.